The van der Waals surface area contributed by atoms with E-state index in [9.17, 15) is 4.79 Å². The van der Waals surface area contributed by atoms with Crippen molar-refractivity contribution in [2.24, 2.45) is 11.8 Å². The van der Waals surface area contributed by atoms with Gasteiger partial charge in [0.15, 0.2) is 0 Å². The van der Waals surface area contributed by atoms with Gasteiger partial charge in [-0.1, -0.05) is 70.0 Å². The maximum atomic E-state index is 12.6. The van der Waals surface area contributed by atoms with Crippen molar-refractivity contribution < 1.29 is 9.53 Å². The summed E-state index contributed by atoms with van der Waals surface area (Å²) in [5.41, 5.74) is 3.77. The van der Waals surface area contributed by atoms with E-state index in [1.54, 1.807) is 4.90 Å². The number of H-pyrrole nitrogens is 2. The predicted molar refractivity (Wildman–Crippen MR) is 177 cm³/mol. The summed E-state index contributed by atoms with van der Waals surface area (Å²) in [5.74, 6) is 3.01. The molecule has 2 aromatic heterocycles. The summed E-state index contributed by atoms with van der Waals surface area (Å²) in [6.07, 6.45) is 5.51. The van der Waals surface area contributed by atoms with E-state index in [2.05, 4.69) is 83.1 Å². The third-order valence-corrected chi connectivity index (χ3v) is 8.69. The number of imidazole rings is 2. The SMILES string of the molecule is C[C@@H]1CN[C@H](c2ncc(-c3ccc(Br)cc3)[nH]2)C1.C[C@H]1C[C@@H](c2ncc(-c3ccc(Br)cc3)[nH]2)N(C(=O)OC(C)(C)C)C1. The van der Waals surface area contributed by atoms with E-state index in [1.165, 1.54) is 5.56 Å². The van der Waals surface area contributed by atoms with E-state index in [0.29, 0.717) is 18.5 Å². The van der Waals surface area contributed by atoms with Gasteiger partial charge in [0.1, 0.15) is 17.2 Å². The molecule has 4 atom stereocenters. The number of carbonyl (C=O) groups is 1. The number of rotatable bonds is 4. The Labute approximate surface area is 270 Å². The van der Waals surface area contributed by atoms with Crippen LogP contribution in [0, 0.1) is 11.8 Å². The maximum Gasteiger partial charge on any atom is 0.410 e. The van der Waals surface area contributed by atoms with Gasteiger partial charge < -0.3 is 20.0 Å². The summed E-state index contributed by atoms with van der Waals surface area (Å²) < 4.78 is 7.70. The lowest BCUT2D eigenvalue weighted by Crippen LogP contribution is -2.37. The Hall–Kier alpha value is -2.95. The average molecular weight is 713 g/mol. The lowest BCUT2D eigenvalue weighted by Gasteiger charge is -2.27. The molecular weight excluding hydrogens is 672 g/mol. The number of aromatic nitrogens is 4. The highest BCUT2D eigenvalue weighted by Crippen LogP contribution is 2.36. The number of hydrogen-bond acceptors (Lipinski definition) is 5. The fourth-order valence-corrected chi connectivity index (χ4v) is 6.05. The molecule has 2 aliphatic rings. The van der Waals surface area contributed by atoms with Crippen molar-refractivity contribution in [2.75, 3.05) is 13.1 Å². The van der Waals surface area contributed by atoms with Crippen LogP contribution in [0.2, 0.25) is 0 Å². The minimum Gasteiger partial charge on any atom is -0.444 e. The fourth-order valence-electron chi connectivity index (χ4n) is 5.52. The van der Waals surface area contributed by atoms with E-state index in [4.69, 9.17) is 4.74 Å². The molecule has 0 bridgehead atoms. The molecule has 0 radical (unpaired) electrons. The van der Waals surface area contributed by atoms with Crippen LogP contribution in [0.5, 0.6) is 0 Å². The molecule has 3 N–H and O–H groups in total. The molecule has 2 fully saturated rings. The van der Waals surface area contributed by atoms with Gasteiger partial charge in [0.05, 0.1) is 35.9 Å². The minimum atomic E-state index is -0.501. The standard InChI is InChI=1S/C19H24BrN3O2.C14H16BrN3/c1-12-9-16(23(11-12)18(24)25-19(2,3)4)17-21-10-15(22-17)13-5-7-14(20)8-6-13;1-9-6-12(16-7-9)14-17-8-13(18-14)10-2-4-11(15)5-3-10/h5-8,10,12,16H,9,11H2,1-4H3,(H,21,22);2-5,8-9,12,16H,6-7H2,1H3,(H,17,18)/t12-,16-;9-,12-/m00/s1. The molecule has 228 valence electrons. The first-order chi connectivity index (χ1) is 20.4. The number of benzene rings is 2. The predicted octanol–water partition coefficient (Wildman–Crippen LogP) is 8.67. The Morgan fingerprint density at radius 2 is 1.37 bits per heavy atom. The molecule has 1 amide bonds. The zero-order valence-electron chi connectivity index (χ0n) is 25.3. The summed E-state index contributed by atoms with van der Waals surface area (Å²) >= 11 is 6.90. The highest BCUT2D eigenvalue weighted by molar-refractivity contribution is 9.10. The molecule has 0 aliphatic carbocycles. The zero-order chi connectivity index (χ0) is 30.7. The molecule has 2 aliphatic heterocycles. The van der Waals surface area contributed by atoms with Crippen molar-refractivity contribution >= 4 is 38.0 Å². The Balaban J connectivity index is 0.000000180. The molecule has 4 heterocycles. The van der Waals surface area contributed by atoms with Crippen molar-refractivity contribution in [3.8, 4) is 22.5 Å². The Bertz CT molecular complexity index is 1510. The number of carbonyl (C=O) groups excluding carboxylic acids is 1. The first kappa shape index (κ1) is 31.5. The van der Waals surface area contributed by atoms with Crippen LogP contribution in [0.15, 0.2) is 69.9 Å². The molecule has 0 saturated carbocycles. The molecule has 4 aromatic rings. The van der Waals surface area contributed by atoms with Crippen molar-refractivity contribution in [3.63, 3.8) is 0 Å². The molecule has 0 unspecified atom stereocenters. The Kier molecular flexibility index (Phi) is 9.78. The topological polar surface area (TPSA) is 98.9 Å². The lowest BCUT2D eigenvalue weighted by molar-refractivity contribution is 0.0214. The monoisotopic (exact) mass is 710 g/mol. The molecule has 2 aromatic carbocycles. The van der Waals surface area contributed by atoms with Crippen LogP contribution in [0.4, 0.5) is 4.79 Å². The summed E-state index contributed by atoms with van der Waals surface area (Å²) in [4.78, 5) is 30.2. The van der Waals surface area contributed by atoms with Crippen LogP contribution >= 0.6 is 31.9 Å². The quantitative estimate of drug-likeness (QED) is 0.197. The summed E-state index contributed by atoms with van der Waals surface area (Å²) in [7, 11) is 0. The largest absolute Gasteiger partial charge is 0.444 e. The van der Waals surface area contributed by atoms with Gasteiger partial charge in [-0.3, -0.25) is 4.90 Å². The number of aromatic amines is 2. The lowest BCUT2D eigenvalue weighted by atomic mass is 10.1. The number of ether oxygens (including phenoxy) is 1. The number of amides is 1. The normalized spacial score (nSPS) is 21.9. The maximum absolute atomic E-state index is 12.6. The minimum absolute atomic E-state index is 0.0750. The third-order valence-electron chi connectivity index (χ3n) is 7.64. The number of likely N-dealkylation sites (tertiary alicyclic amines) is 1. The van der Waals surface area contributed by atoms with Gasteiger partial charge >= 0.3 is 6.09 Å². The van der Waals surface area contributed by atoms with Crippen molar-refractivity contribution in [3.05, 3.63) is 81.5 Å². The van der Waals surface area contributed by atoms with E-state index in [-0.39, 0.29) is 12.1 Å². The number of hydrogen-bond donors (Lipinski definition) is 3. The van der Waals surface area contributed by atoms with Crippen LogP contribution in [-0.2, 0) is 4.74 Å². The number of halogens is 2. The second kappa shape index (κ2) is 13.4. The third kappa shape index (κ3) is 8.16. The molecule has 6 rings (SSSR count). The first-order valence-electron chi connectivity index (χ1n) is 14.8. The second-order valence-corrected chi connectivity index (χ2v) is 14.5. The fraction of sp³-hybridized carbons (Fsp3) is 0.424. The van der Waals surface area contributed by atoms with E-state index >= 15 is 0 Å². The van der Waals surface area contributed by atoms with Gasteiger partial charge in [0, 0.05) is 15.5 Å². The second-order valence-electron chi connectivity index (χ2n) is 12.7. The highest BCUT2D eigenvalue weighted by Gasteiger charge is 2.38. The molecule has 8 nitrogen and oxygen atoms in total. The van der Waals surface area contributed by atoms with Crippen LogP contribution in [0.25, 0.3) is 22.5 Å². The van der Waals surface area contributed by atoms with E-state index in [0.717, 1.165) is 62.8 Å². The van der Waals surface area contributed by atoms with Crippen LogP contribution in [0.1, 0.15) is 71.2 Å². The molecule has 0 spiro atoms. The Morgan fingerprint density at radius 1 is 0.837 bits per heavy atom. The van der Waals surface area contributed by atoms with Crippen LogP contribution in [0.3, 0.4) is 0 Å². The smallest absolute Gasteiger partial charge is 0.410 e. The van der Waals surface area contributed by atoms with Gasteiger partial charge in [0.25, 0.3) is 0 Å². The van der Waals surface area contributed by atoms with Gasteiger partial charge in [-0.25, -0.2) is 14.8 Å². The molecule has 10 heteroatoms. The average Bonchev–Trinajstić information content (AvgIpc) is 3.76. The van der Waals surface area contributed by atoms with Gasteiger partial charge in [-0.2, -0.15) is 0 Å². The first-order valence-corrected chi connectivity index (χ1v) is 16.4. The molecular formula is C33H40Br2N6O2. The van der Waals surface area contributed by atoms with Crippen molar-refractivity contribution in [2.45, 2.75) is 65.1 Å². The molecule has 43 heavy (non-hydrogen) atoms. The van der Waals surface area contributed by atoms with E-state index < -0.39 is 5.60 Å². The number of nitrogens with zero attached hydrogens (tertiary/aromatic N) is 3. The van der Waals surface area contributed by atoms with Crippen LogP contribution in [-0.4, -0.2) is 49.6 Å². The Morgan fingerprint density at radius 3 is 1.88 bits per heavy atom. The van der Waals surface area contributed by atoms with E-state index in [1.807, 2.05) is 69.6 Å². The van der Waals surface area contributed by atoms with Crippen molar-refractivity contribution in [1.29, 1.82) is 0 Å². The van der Waals surface area contributed by atoms with Gasteiger partial charge in [0.2, 0.25) is 0 Å². The summed E-state index contributed by atoms with van der Waals surface area (Å²) in [5, 5.41) is 3.50. The summed E-state index contributed by atoms with van der Waals surface area (Å²) in [6.45, 7) is 11.8. The van der Waals surface area contributed by atoms with Crippen molar-refractivity contribution in [1.82, 2.24) is 30.2 Å². The summed E-state index contributed by atoms with van der Waals surface area (Å²) in [6, 6.07) is 16.6. The number of nitrogens with one attached hydrogen (secondary N) is 3. The van der Waals surface area contributed by atoms with Gasteiger partial charge in [-0.05, 0) is 87.4 Å². The molecule has 2 saturated heterocycles. The zero-order valence-corrected chi connectivity index (χ0v) is 28.5. The van der Waals surface area contributed by atoms with Crippen LogP contribution < -0.4 is 5.32 Å². The van der Waals surface area contributed by atoms with Gasteiger partial charge in [-0.15, -0.1) is 0 Å². The highest BCUT2D eigenvalue weighted by atomic mass is 79.9.